The van der Waals surface area contributed by atoms with Crippen LogP contribution in [0, 0.1) is 0 Å². The Kier molecular flexibility index (Phi) is 4.49. The van der Waals surface area contributed by atoms with Gasteiger partial charge in [-0.05, 0) is 23.8 Å². The third-order valence-electron chi connectivity index (χ3n) is 2.75. The zero-order chi connectivity index (χ0) is 14.4. The van der Waals surface area contributed by atoms with Crippen LogP contribution in [0.5, 0.6) is 5.88 Å². The Morgan fingerprint density at radius 3 is 2.80 bits per heavy atom. The van der Waals surface area contributed by atoms with Crippen molar-refractivity contribution < 1.29 is 9.53 Å². The van der Waals surface area contributed by atoms with E-state index in [1.165, 1.54) is 0 Å². The maximum atomic E-state index is 11.9. The molecule has 0 radical (unpaired) electrons. The highest BCUT2D eigenvalue weighted by molar-refractivity contribution is 5.92. The molecular weight excluding hydrogens is 256 g/mol. The number of aromatic nitrogens is 2. The average molecular weight is 272 g/mol. The number of nitrogens with zero attached hydrogens (tertiary/aromatic N) is 2. The number of rotatable bonds is 5. The lowest BCUT2D eigenvalue weighted by Gasteiger charge is -2.06. The van der Waals surface area contributed by atoms with Crippen LogP contribution in [-0.4, -0.2) is 30.0 Å². The summed E-state index contributed by atoms with van der Waals surface area (Å²) in [5, 5.41) is 5.75. The van der Waals surface area contributed by atoms with Crippen LogP contribution in [0.1, 0.15) is 16.1 Å². The molecule has 0 aliphatic heterocycles. The molecule has 2 rings (SSSR count). The van der Waals surface area contributed by atoms with E-state index in [2.05, 4.69) is 20.6 Å². The number of carbonyl (C=O) groups is 1. The standard InChI is InChI=1S/C14H16N4O2/c1-15-11-3-4-12(17-9-11)14(19)18-8-10-5-6-16-13(7-10)20-2/h3-7,9,15H,8H2,1-2H3,(H,18,19). The molecule has 0 aliphatic rings. The predicted molar refractivity (Wildman–Crippen MR) is 75.7 cm³/mol. The first kappa shape index (κ1) is 13.8. The number of anilines is 1. The molecule has 0 atom stereocenters. The van der Waals surface area contributed by atoms with Crippen LogP contribution in [0.15, 0.2) is 36.7 Å². The van der Waals surface area contributed by atoms with E-state index in [1.807, 2.05) is 6.07 Å². The maximum Gasteiger partial charge on any atom is 0.270 e. The van der Waals surface area contributed by atoms with Crippen molar-refractivity contribution in [2.24, 2.45) is 0 Å². The van der Waals surface area contributed by atoms with Crippen molar-refractivity contribution in [2.75, 3.05) is 19.5 Å². The van der Waals surface area contributed by atoms with E-state index in [0.29, 0.717) is 18.1 Å². The monoisotopic (exact) mass is 272 g/mol. The highest BCUT2D eigenvalue weighted by atomic mass is 16.5. The van der Waals surface area contributed by atoms with E-state index in [4.69, 9.17) is 4.74 Å². The highest BCUT2D eigenvalue weighted by Crippen LogP contribution is 2.09. The highest BCUT2D eigenvalue weighted by Gasteiger charge is 2.07. The smallest absolute Gasteiger partial charge is 0.270 e. The fourth-order valence-electron chi connectivity index (χ4n) is 1.62. The number of hydrogen-bond donors (Lipinski definition) is 2. The number of amides is 1. The van der Waals surface area contributed by atoms with Gasteiger partial charge in [0.2, 0.25) is 5.88 Å². The summed E-state index contributed by atoms with van der Waals surface area (Å²) < 4.78 is 5.03. The van der Waals surface area contributed by atoms with E-state index < -0.39 is 0 Å². The van der Waals surface area contributed by atoms with Crippen molar-refractivity contribution in [2.45, 2.75) is 6.54 Å². The second-order valence-electron chi connectivity index (χ2n) is 4.07. The van der Waals surface area contributed by atoms with Gasteiger partial charge in [-0.25, -0.2) is 9.97 Å². The lowest BCUT2D eigenvalue weighted by molar-refractivity contribution is 0.0946. The molecule has 0 saturated carbocycles. The minimum Gasteiger partial charge on any atom is -0.481 e. The van der Waals surface area contributed by atoms with Gasteiger partial charge < -0.3 is 15.4 Å². The second kappa shape index (κ2) is 6.51. The average Bonchev–Trinajstić information content (AvgIpc) is 2.53. The minimum absolute atomic E-state index is 0.219. The van der Waals surface area contributed by atoms with E-state index >= 15 is 0 Å². The van der Waals surface area contributed by atoms with Crippen molar-refractivity contribution >= 4 is 11.6 Å². The zero-order valence-corrected chi connectivity index (χ0v) is 11.4. The van der Waals surface area contributed by atoms with Crippen LogP contribution < -0.4 is 15.4 Å². The Morgan fingerprint density at radius 1 is 1.30 bits per heavy atom. The Bertz CT molecular complexity index is 584. The van der Waals surface area contributed by atoms with Gasteiger partial charge in [-0.2, -0.15) is 0 Å². The second-order valence-corrected chi connectivity index (χ2v) is 4.07. The molecule has 0 aromatic carbocycles. The van der Waals surface area contributed by atoms with Crippen molar-refractivity contribution in [3.8, 4) is 5.88 Å². The molecular formula is C14H16N4O2. The van der Waals surface area contributed by atoms with Gasteiger partial charge in [-0.1, -0.05) is 0 Å². The third-order valence-corrected chi connectivity index (χ3v) is 2.75. The molecule has 0 aliphatic carbocycles. The molecule has 0 spiro atoms. The summed E-state index contributed by atoms with van der Waals surface area (Å²) in [5.41, 5.74) is 2.16. The number of methoxy groups -OCH3 is 1. The lowest BCUT2D eigenvalue weighted by Crippen LogP contribution is -2.23. The number of hydrogen-bond acceptors (Lipinski definition) is 5. The number of nitrogens with one attached hydrogen (secondary N) is 2. The van der Waals surface area contributed by atoms with Gasteiger partial charge >= 0.3 is 0 Å². The largest absolute Gasteiger partial charge is 0.481 e. The molecule has 20 heavy (non-hydrogen) atoms. The van der Waals surface area contributed by atoms with Crippen molar-refractivity contribution in [1.29, 1.82) is 0 Å². The fourth-order valence-corrected chi connectivity index (χ4v) is 1.62. The van der Waals surface area contributed by atoms with Gasteiger partial charge in [0, 0.05) is 25.9 Å². The molecule has 6 nitrogen and oxygen atoms in total. The zero-order valence-electron chi connectivity index (χ0n) is 11.4. The Labute approximate surface area is 117 Å². The van der Waals surface area contributed by atoms with E-state index in [9.17, 15) is 4.79 Å². The van der Waals surface area contributed by atoms with Crippen molar-refractivity contribution in [1.82, 2.24) is 15.3 Å². The van der Waals surface area contributed by atoms with Crippen LogP contribution >= 0.6 is 0 Å². The van der Waals surface area contributed by atoms with Crippen LogP contribution in [0.25, 0.3) is 0 Å². The van der Waals surface area contributed by atoms with Gasteiger partial charge in [0.15, 0.2) is 0 Å². The van der Waals surface area contributed by atoms with Crippen LogP contribution in [0.4, 0.5) is 5.69 Å². The van der Waals surface area contributed by atoms with Crippen LogP contribution in [0.3, 0.4) is 0 Å². The molecule has 2 heterocycles. The topological polar surface area (TPSA) is 76.1 Å². The summed E-state index contributed by atoms with van der Waals surface area (Å²) in [6.07, 6.45) is 3.25. The number of ether oxygens (including phenoxy) is 1. The van der Waals surface area contributed by atoms with Gasteiger partial charge in [0.05, 0.1) is 19.0 Å². The van der Waals surface area contributed by atoms with Gasteiger partial charge in [0.25, 0.3) is 5.91 Å². The number of carbonyl (C=O) groups excluding carboxylic acids is 1. The summed E-state index contributed by atoms with van der Waals surface area (Å²) in [7, 11) is 3.35. The molecule has 0 saturated heterocycles. The van der Waals surface area contributed by atoms with E-state index in [-0.39, 0.29) is 5.91 Å². The van der Waals surface area contributed by atoms with Crippen LogP contribution in [0.2, 0.25) is 0 Å². The molecule has 2 N–H and O–H groups in total. The quantitative estimate of drug-likeness (QED) is 0.861. The molecule has 0 bridgehead atoms. The summed E-state index contributed by atoms with van der Waals surface area (Å²) >= 11 is 0. The van der Waals surface area contributed by atoms with Gasteiger partial charge in [-0.15, -0.1) is 0 Å². The van der Waals surface area contributed by atoms with Crippen molar-refractivity contribution in [3.05, 3.63) is 47.9 Å². The van der Waals surface area contributed by atoms with Crippen molar-refractivity contribution in [3.63, 3.8) is 0 Å². The summed E-state index contributed by atoms with van der Waals surface area (Å²) in [6, 6.07) is 7.07. The first-order valence-electron chi connectivity index (χ1n) is 6.14. The lowest BCUT2D eigenvalue weighted by atomic mass is 10.2. The molecule has 6 heteroatoms. The first-order chi connectivity index (χ1) is 9.72. The fraction of sp³-hybridized carbons (Fsp3) is 0.214. The first-order valence-corrected chi connectivity index (χ1v) is 6.14. The molecule has 2 aromatic heterocycles. The molecule has 0 fully saturated rings. The maximum absolute atomic E-state index is 11.9. The summed E-state index contributed by atoms with van der Waals surface area (Å²) in [6.45, 7) is 0.396. The third kappa shape index (κ3) is 3.44. The van der Waals surface area contributed by atoms with Crippen LogP contribution in [-0.2, 0) is 6.54 Å². The van der Waals surface area contributed by atoms with E-state index in [1.54, 1.807) is 44.8 Å². The summed E-state index contributed by atoms with van der Waals surface area (Å²) in [4.78, 5) is 20.0. The molecule has 104 valence electrons. The van der Waals surface area contributed by atoms with Gasteiger partial charge in [-0.3, -0.25) is 4.79 Å². The Hall–Kier alpha value is -2.63. The predicted octanol–water partition coefficient (Wildman–Crippen LogP) is 1.46. The molecule has 1 amide bonds. The number of pyridine rings is 2. The molecule has 2 aromatic rings. The Balaban J connectivity index is 1.97. The normalized spacial score (nSPS) is 9.90. The SMILES string of the molecule is CNc1ccc(C(=O)NCc2ccnc(OC)c2)nc1. The minimum atomic E-state index is -0.219. The Morgan fingerprint density at radius 2 is 2.15 bits per heavy atom. The molecule has 0 unspecified atom stereocenters. The summed E-state index contributed by atoms with van der Waals surface area (Å²) in [5.74, 6) is 0.302. The van der Waals surface area contributed by atoms with E-state index in [0.717, 1.165) is 11.3 Å². The van der Waals surface area contributed by atoms with Gasteiger partial charge in [0.1, 0.15) is 5.69 Å².